The summed E-state index contributed by atoms with van der Waals surface area (Å²) in [7, 11) is 1.51. The largest absolute Gasteiger partial charge is 0.481 e. The molecule has 11 nitrogen and oxygen atoms in total. The minimum absolute atomic E-state index is 0.144. The molecule has 2 aromatic carbocycles. The van der Waals surface area contributed by atoms with Crippen LogP contribution in [0.5, 0.6) is 0 Å². The average Bonchev–Trinajstić information content (AvgIpc) is 3.58. The van der Waals surface area contributed by atoms with E-state index >= 15 is 0 Å². The fourth-order valence-corrected chi connectivity index (χ4v) is 4.53. The average molecular weight is 552 g/mol. The number of aromatic nitrogens is 6. The number of carboxylic acid groups (broad SMARTS) is 1. The molecule has 0 saturated carbocycles. The fourth-order valence-electron chi connectivity index (χ4n) is 4.28. The predicted octanol–water partition coefficient (Wildman–Crippen LogP) is 3.88. The van der Waals surface area contributed by atoms with Crippen molar-refractivity contribution < 1.29 is 19.4 Å². The summed E-state index contributed by atoms with van der Waals surface area (Å²) in [6, 6.07) is 15.0. The molecule has 204 valence electrons. The Balaban J connectivity index is 1.67. The lowest BCUT2D eigenvalue weighted by atomic mass is 9.97. The van der Waals surface area contributed by atoms with Gasteiger partial charge in [-0.25, -0.2) is 4.98 Å². The van der Waals surface area contributed by atoms with Gasteiger partial charge < -0.3 is 19.7 Å². The van der Waals surface area contributed by atoms with Gasteiger partial charge in [-0.15, -0.1) is 10.2 Å². The van der Waals surface area contributed by atoms with E-state index in [0.717, 1.165) is 40.9 Å². The number of ether oxygens (including phenoxy) is 1. The van der Waals surface area contributed by atoms with Crippen molar-refractivity contribution in [2.24, 2.45) is 0 Å². The van der Waals surface area contributed by atoms with E-state index in [4.69, 9.17) is 21.4 Å². The molecule has 0 amide bonds. The van der Waals surface area contributed by atoms with Crippen molar-refractivity contribution in [1.82, 2.24) is 35.5 Å². The van der Waals surface area contributed by atoms with E-state index in [2.05, 4.69) is 37.8 Å². The van der Waals surface area contributed by atoms with Gasteiger partial charge in [-0.05, 0) is 41.4 Å². The lowest BCUT2D eigenvalue weighted by Crippen LogP contribution is -2.37. The predicted molar refractivity (Wildman–Crippen MR) is 145 cm³/mol. The highest BCUT2D eigenvalue weighted by atomic mass is 35.5. The number of benzene rings is 2. The number of likely N-dealkylation sites (N-methyl/N-ethyl adjacent to an activating group) is 1. The van der Waals surface area contributed by atoms with Crippen LogP contribution in [0, 0.1) is 0 Å². The number of aromatic amines is 1. The van der Waals surface area contributed by atoms with E-state index in [1.165, 1.54) is 7.05 Å². The molecule has 2 aromatic heterocycles. The molecular weight excluding hydrogens is 522 g/mol. The first-order valence-electron chi connectivity index (χ1n) is 12.6. The zero-order valence-electron chi connectivity index (χ0n) is 21.7. The van der Waals surface area contributed by atoms with Gasteiger partial charge in [0, 0.05) is 18.5 Å². The van der Waals surface area contributed by atoms with Crippen LogP contribution in [0.3, 0.4) is 0 Å². The van der Waals surface area contributed by atoms with E-state index in [-0.39, 0.29) is 11.8 Å². The molecule has 12 heteroatoms. The molecule has 0 bridgehead atoms. The van der Waals surface area contributed by atoms with E-state index < -0.39 is 24.4 Å². The number of tetrazole rings is 1. The van der Waals surface area contributed by atoms with Crippen molar-refractivity contribution in [3.8, 4) is 22.5 Å². The molecule has 0 unspecified atom stereocenters. The molecule has 0 radical (unpaired) electrons. The van der Waals surface area contributed by atoms with Crippen molar-refractivity contribution >= 4 is 23.5 Å². The minimum atomic E-state index is -1.10. The number of carbonyl (C=O) groups excluding carboxylic acids is 1. The molecule has 3 N–H and O–H groups in total. The van der Waals surface area contributed by atoms with Crippen molar-refractivity contribution in [2.75, 3.05) is 7.05 Å². The number of carbonyl (C=O) groups is 2. The van der Waals surface area contributed by atoms with Crippen LogP contribution < -0.4 is 5.32 Å². The van der Waals surface area contributed by atoms with Gasteiger partial charge in [0.05, 0.1) is 12.1 Å². The first kappa shape index (κ1) is 27.9. The zero-order valence-corrected chi connectivity index (χ0v) is 22.5. The van der Waals surface area contributed by atoms with E-state index in [1.54, 1.807) is 0 Å². The van der Waals surface area contributed by atoms with Gasteiger partial charge in [-0.1, -0.05) is 67.4 Å². The van der Waals surface area contributed by atoms with Crippen LogP contribution in [0.1, 0.15) is 43.3 Å². The third-order valence-electron chi connectivity index (χ3n) is 6.32. The Labute approximate surface area is 230 Å². The summed E-state index contributed by atoms with van der Waals surface area (Å²) < 4.78 is 7.43. The highest BCUT2D eigenvalue weighted by Crippen LogP contribution is 2.31. The topological polar surface area (TPSA) is 148 Å². The maximum atomic E-state index is 12.5. The first-order chi connectivity index (χ1) is 18.9. The van der Waals surface area contributed by atoms with Crippen molar-refractivity contribution in [3.05, 3.63) is 70.8 Å². The lowest BCUT2D eigenvalue weighted by molar-refractivity contribution is -0.151. The summed E-state index contributed by atoms with van der Waals surface area (Å²) in [4.78, 5) is 28.2. The summed E-state index contributed by atoms with van der Waals surface area (Å²) in [5, 5.41) is 26.7. The van der Waals surface area contributed by atoms with Gasteiger partial charge in [0.1, 0.15) is 18.5 Å². The third-order valence-corrected chi connectivity index (χ3v) is 6.62. The van der Waals surface area contributed by atoms with Crippen LogP contribution in [-0.2, 0) is 33.9 Å². The first-order valence-corrected chi connectivity index (χ1v) is 13.0. The number of aliphatic carboxylic acids is 1. The fraction of sp³-hybridized carbons (Fsp3) is 0.333. The van der Waals surface area contributed by atoms with Gasteiger partial charge in [0.15, 0.2) is 5.15 Å². The maximum absolute atomic E-state index is 12.5. The monoisotopic (exact) mass is 551 g/mol. The number of rotatable bonds is 13. The number of esters is 1. The smallest absolute Gasteiger partial charge is 0.324 e. The number of aryl methyl sites for hydroxylation is 1. The number of nitrogens with one attached hydrogen (secondary N) is 2. The molecule has 0 spiro atoms. The molecule has 0 saturated heterocycles. The minimum Gasteiger partial charge on any atom is -0.481 e. The van der Waals surface area contributed by atoms with Crippen LogP contribution in [-0.4, -0.2) is 60.3 Å². The van der Waals surface area contributed by atoms with Crippen LogP contribution in [0.4, 0.5) is 0 Å². The Morgan fingerprint density at radius 2 is 1.97 bits per heavy atom. The second-order valence-electron chi connectivity index (χ2n) is 8.98. The van der Waals surface area contributed by atoms with Crippen LogP contribution in [0.2, 0.25) is 5.15 Å². The maximum Gasteiger partial charge on any atom is 0.324 e. The Kier molecular flexibility index (Phi) is 9.40. The third kappa shape index (κ3) is 6.87. The lowest BCUT2D eigenvalue weighted by Gasteiger charge is -2.16. The summed E-state index contributed by atoms with van der Waals surface area (Å²) in [6.07, 6.45) is 2.19. The normalized spacial score (nSPS) is 11.9. The van der Waals surface area contributed by atoms with Crippen molar-refractivity contribution in [1.29, 1.82) is 0 Å². The Hall–Kier alpha value is -4.09. The summed E-state index contributed by atoms with van der Waals surface area (Å²) in [5.41, 5.74) is 4.27. The summed E-state index contributed by atoms with van der Waals surface area (Å²) in [6.45, 7) is 2.36. The van der Waals surface area contributed by atoms with Gasteiger partial charge in [0.25, 0.3) is 0 Å². The summed E-state index contributed by atoms with van der Waals surface area (Å²) >= 11 is 6.53. The molecule has 4 rings (SSSR count). The number of imidazole rings is 1. The molecule has 39 heavy (non-hydrogen) atoms. The Morgan fingerprint density at radius 3 is 2.64 bits per heavy atom. The van der Waals surface area contributed by atoms with E-state index in [9.17, 15) is 9.59 Å². The second-order valence-corrected chi connectivity index (χ2v) is 9.34. The second kappa shape index (κ2) is 13.1. The van der Waals surface area contributed by atoms with E-state index in [1.807, 2.05) is 53.1 Å². The molecule has 0 aliphatic carbocycles. The molecule has 0 aliphatic heterocycles. The van der Waals surface area contributed by atoms with Gasteiger partial charge in [-0.3, -0.25) is 9.59 Å². The van der Waals surface area contributed by atoms with Crippen molar-refractivity contribution in [2.45, 2.75) is 51.8 Å². The highest BCUT2D eigenvalue weighted by Gasteiger charge is 2.24. The SMILES string of the molecule is CCCCc1nc(Cl)c(COC(=O)[C@H](CC(=O)O)NC)n1Cc1ccc(-c2ccccc2)c(-c2nn[nH]n2)c1. The number of nitrogens with zero attached hydrogens (tertiary/aromatic N) is 5. The summed E-state index contributed by atoms with van der Waals surface area (Å²) in [5.74, 6) is -0.536. The van der Waals surface area contributed by atoms with Gasteiger partial charge in [-0.2, -0.15) is 5.21 Å². The zero-order chi connectivity index (χ0) is 27.8. The molecule has 1 atom stereocenters. The Bertz CT molecular complexity index is 1410. The molecule has 4 aromatic rings. The standard InChI is InChI=1S/C27H30ClN7O4/c1-3-4-10-23-30-25(28)22(16-39-27(38)21(29-2)14-24(36)37)35(23)15-17-11-12-19(18-8-6-5-7-9-18)20(13-17)26-31-33-34-32-26/h5-9,11-13,21,29H,3-4,10,14-16H2,1-2H3,(H,36,37)(H,31,32,33,34)/t21-/m0/s1. The van der Waals surface area contributed by atoms with Gasteiger partial charge in [0.2, 0.25) is 5.82 Å². The number of hydrogen-bond donors (Lipinski definition) is 3. The quantitative estimate of drug-likeness (QED) is 0.210. The van der Waals surface area contributed by atoms with Crippen LogP contribution >= 0.6 is 11.6 Å². The highest BCUT2D eigenvalue weighted by molar-refractivity contribution is 6.30. The van der Waals surface area contributed by atoms with Gasteiger partial charge >= 0.3 is 11.9 Å². The van der Waals surface area contributed by atoms with Crippen molar-refractivity contribution in [3.63, 3.8) is 0 Å². The number of unbranched alkanes of at least 4 members (excludes halogenated alkanes) is 1. The Morgan fingerprint density at radius 1 is 1.18 bits per heavy atom. The molecular formula is C27H30ClN7O4. The van der Waals surface area contributed by atoms with Crippen LogP contribution in [0.25, 0.3) is 22.5 Å². The molecule has 2 heterocycles. The molecule has 0 aliphatic rings. The number of H-pyrrole nitrogens is 1. The molecule has 0 fully saturated rings. The number of hydrogen-bond acceptors (Lipinski definition) is 8. The van der Waals surface area contributed by atoms with Crippen LogP contribution in [0.15, 0.2) is 48.5 Å². The van der Waals surface area contributed by atoms with E-state index in [0.29, 0.717) is 24.5 Å². The number of carboxylic acids is 1. The number of halogens is 1.